The van der Waals surface area contributed by atoms with E-state index >= 15 is 0 Å². The van der Waals surface area contributed by atoms with Gasteiger partial charge in [-0.15, -0.1) is 0 Å². The highest BCUT2D eigenvalue weighted by Gasteiger charge is 2.34. The van der Waals surface area contributed by atoms with Crippen LogP contribution in [-0.4, -0.2) is 27.6 Å². The van der Waals surface area contributed by atoms with Crippen molar-refractivity contribution in [3.05, 3.63) is 74.3 Å². The number of carbonyl (C=O) groups is 1. The lowest BCUT2D eigenvalue weighted by Crippen LogP contribution is -2.37. The molecule has 2 aromatic carbocycles. The van der Waals surface area contributed by atoms with Crippen LogP contribution >= 0.6 is 0 Å². The Morgan fingerprint density at radius 3 is 2.41 bits per heavy atom. The SMILES string of the molecule is CC(C)[C@H]1CC[C@@H](C)C[C@@H]1OC(=O)/C(=N\Nc1ccc([N+](=O)[O-])cc1[N+](=O)[O-])c1ccccc1. The number of esters is 1. The quantitative estimate of drug-likeness (QED) is 0.239. The van der Waals surface area contributed by atoms with Gasteiger partial charge in [0.25, 0.3) is 5.69 Å². The van der Waals surface area contributed by atoms with E-state index in [1.54, 1.807) is 30.3 Å². The van der Waals surface area contributed by atoms with Crippen LogP contribution in [0.15, 0.2) is 53.6 Å². The number of nitrogens with zero attached hydrogens (tertiary/aromatic N) is 3. The molecule has 0 unspecified atom stereocenters. The van der Waals surface area contributed by atoms with Crippen molar-refractivity contribution in [2.24, 2.45) is 22.9 Å². The summed E-state index contributed by atoms with van der Waals surface area (Å²) in [4.78, 5) is 34.2. The van der Waals surface area contributed by atoms with Gasteiger partial charge >= 0.3 is 11.7 Å². The fourth-order valence-corrected chi connectivity index (χ4v) is 4.26. The highest BCUT2D eigenvalue weighted by atomic mass is 16.6. The number of hydrogen-bond acceptors (Lipinski definition) is 8. The third-order valence-corrected chi connectivity index (χ3v) is 6.14. The summed E-state index contributed by atoms with van der Waals surface area (Å²) in [5.41, 5.74) is 1.96. The van der Waals surface area contributed by atoms with Crippen LogP contribution < -0.4 is 5.43 Å². The minimum atomic E-state index is -0.748. The Kier molecular flexibility index (Phi) is 7.93. The maximum Gasteiger partial charge on any atom is 0.359 e. The Morgan fingerprint density at radius 2 is 1.79 bits per heavy atom. The number of ether oxygens (including phenoxy) is 1. The summed E-state index contributed by atoms with van der Waals surface area (Å²) >= 11 is 0. The molecule has 0 spiro atoms. The van der Waals surface area contributed by atoms with Gasteiger partial charge in [-0.25, -0.2) is 4.79 Å². The van der Waals surface area contributed by atoms with E-state index in [-0.39, 0.29) is 23.4 Å². The number of hydrogen-bond donors (Lipinski definition) is 1. The van der Waals surface area contributed by atoms with Gasteiger partial charge in [-0.3, -0.25) is 25.7 Å². The van der Waals surface area contributed by atoms with Gasteiger partial charge < -0.3 is 4.74 Å². The van der Waals surface area contributed by atoms with Crippen molar-refractivity contribution in [1.29, 1.82) is 0 Å². The molecule has 3 rings (SSSR count). The number of carbonyl (C=O) groups excluding carboxylic acids is 1. The number of non-ortho nitro benzene ring substituents is 1. The molecule has 10 nitrogen and oxygen atoms in total. The topological polar surface area (TPSA) is 137 Å². The first-order valence-corrected chi connectivity index (χ1v) is 11.2. The average molecular weight is 469 g/mol. The van der Waals surface area contributed by atoms with E-state index in [2.05, 4.69) is 31.3 Å². The Hall–Kier alpha value is -3.82. The van der Waals surface area contributed by atoms with E-state index in [9.17, 15) is 25.0 Å². The third kappa shape index (κ3) is 5.94. The summed E-state index contributed by atoms with van der Waals surface area (Å²) < 4.78 is 5.94. The summed E-state index contributed by atoms with van der Waals surface area (Å²) in [6.45, 7) is 6.37. The number of anilines is 1. The van der Waals surface area contributed by atoms with Gasteiger partial charge in [0.15, 0.2) is 5.71 Å². The minimum absolute atomic E-state index is 0.0333. The Balaban J connectivity index is 1.92. The van der Waals surface area contributed by atoms with Crippen LogP contribution in [0.25, 0.3) is 0 Å². The molecular weight excluding hydrogens is 440 g/mol. The van der Waals surface area contributed by atoms with Crippen LogP contribution in [0.5, 0.6) is 0 Å². The first kappa shape index (κ1) is 24.8. The molecule has 1 aliphatic carbocycles. The molecule has 0 amide bonds. The molecule has 3 atom stereocenters. The van der Waals surface area contributed by atoms with Crippen molar-refractivity contribution in [2.75, 3.05) is 5.43 Å². The molecule has 0 saturated heterocycles. The lowest BCUT2D eigenvalue weighted by Gasteiger charge is -2.36. The van der Waals surface area contributed by atoms with Gasteiger partial charge in [0.1, 0.15) is 11.8 Å². The molecule has 0 heterocycles. The molecular formula is C24H28N4O6. The number of nitro benzene ring substituents is 2. The van der Waals surface area contributed by atoms with Gasteiger partial charge in [-0.05, 0) is 36.7 Å². The molecule has 1 fully saturated rings. The van der Waals surface area contributed by atoms with E-state index in [0.717, 1.165) is 31.4 Å². The molecule has 0 aromatic heterocycles. The molecule has 0 bridgehead atoms. The minimum Gasteiger partial charge on any atom is -0.457 e. The standard InChI is InChI=1S/C24H28N4O6/c1-15(2)19-11-9-16(3)13-22(19)34-24(29)23(17-7-5-4-6-8-17)26-25-20-12-10-18(27(30)31)14-21(20)28(32)33/h4-8,10,12,14-16,19,22,25H,9,11,13H2,1-3H3/b26-23-/t16-,19-,22+/m1/s1. The van der Waals surface area contributed by atoms with Crippen LogP contribution in [0, 0.1) is 38.0 Å². The maximum atomic E-state index is 13.3. The largest absolute Gasteiger partial charge is 0.457 e. The first-order chi connectivity index (χ1) is 16.2. The monoisotopic (exact) mass is 468 g/mol. The third-order valence-electron chi connectivity index (χ3n) is 6.14. The smallest absolute Gasteiger partial charge is 0.359 e. The second-order valence-electron chi connectivity index (χ2n) is 8.92. The highest BCUT2D eigenvalue weighted by Crippen LogP contribution is 2.35. The van der Waals surface area contributed by atoms with Gasteiger partial charge in [0, 0.05) is 11.6 Å². The number of nitro groups is 2. The number of nitrogens with one attached hydrogen (secondary N) is 1. The van der Waals surface area contributed by atoms with Crippen molar-refractivity contribution in [3.8, 4) is 0 Å². The Bertz CT molecular complexity index is 1090. The molecule has 1 N–H and O–H groups in total. The first-order valence-electron chi connectivity index (χ1n) is 11.2. The molecule has 180 valence electrons. The lowest BCUT2D eigenvalue weighted by molar-refractivity contribution is -0.393. The van der Waals surface area contributed by atoms with Gasteiger partial charge in [-0.2, -0.15) is 5.10 Å². The number of rotatable bonds is 8. The van der Waals surface area contributed by atoms with E-state index in [1.807, 2.05) is 0 Å². The van der Waals surface area contributed by atoms with E-state index in [0.29, 0.717) is 17.4 Å². The Labute approximate surface area is 197 Å². The predicted octanol–water partition coefficient (Wildman–Crippen LogP) is 5.32. The molecule has 0 radical (unpaired) electrons. The second kappa shape index (κ2) is 10.9. The molecule has 1 saturated carbocycles. The zero-order chi connectivity index (χ0) is 24.8. The van der Waals surface area contributed by atoms with Crippen LogP contribution in [0.1, 0.15) is 45.6 Å². The predicted molar refractivity (Wildman–Crippen MR) is 128 cm³/mol. The average Bonchev–Trinajstić information content (AvgIpc) is 2.79. The van der Waals surface area contributed by atoms with Crippen molar-refractivity contribution < 1.29 is 19.4 Å². The summed E-state index contributed by atoms with van der Waals surface area (Å²) in [5.74, 6) is 0.392. The van der Waals surface area contributed by atoms with Crippen molar-refractivity contribution in [1.82, 2.24) is 0 Å². The van der Waals surface area contributed by atoms with E-state index in [1.165, 1.54) is 6.07 Å². The van der Waals surface area contributed by atoms with Crippen molar-refractivity contribution in [2.45, 2.75) is 46.1 Å². The normalized spacial score (nSPS) is 20.6. The molecule has 0 aliphatic heterocycles. The summed E-state index contributed by atoms with van der Waals surface area (Å²) in [7, 11) is 0. The van der Waals surface area contributed by atoms with Crippen LogP contribution in [-0.2, 0) is 9.53 Å². The Morgan fingerprint density at radius 1 is 1.09 bits per heavy atom. The zero-order valence-corrected chi connectivity index (χ0v) is 19.3. The summed E-state index contributed by atoms with van der Waals surface area (Å²) in [6.07, 6.45) is 2.57. The van der Waals surface area contributed by atoms with Crippen LogP contribution in [0.2, 0.25) is 0 Å². The van der Waals surface area contributed by atoms with E-state index < -0.39 is 27.2 Å². The zero-order valence-electron chi connectivity index (χ0n) is 19.3. The molecule has 1 aliphatic rings. The number of hydrazone groups is 1. The van der Waals surface area contributed by atoms with Crippen LogP contribution in [0.4, 0.5) is 17.1 Å². The second-order valence-corrected chi connectivity index (χ2v) is 8.92. The van der Waals surface area contributed by atoms with Gasteiger partial charge in [-0.1, -0.05) is 57.5 Å². The lowest BCUT2D eigenvalue weighted by atomic mass is 9.75. The van der Waals surface area contributed by atoms with Crippen molar-refractivity contribution >= 4 is 28.7 Å². The van der Waals surface area contributed by atoms with Gasteiger partial charge in [0.05, 0.1) is 15.9 Å². The molecule has 2 aromatic rings. The van der Waals surface area contributed by atoms with Crippen molar-refractivity contribution in [3.63, 3.8) is 0 Å². The number of benzene rings is 2. The maximum absolute atomic E-state index is 13.3. The fourth-order valence-electron chi connectivity index (χ4n) is 4.26. The summed E-state index contributed by atoms with van der Waals surface area (Å²) in [5, 5.41) is 26.6. The molecule has 34 heavy (non-hydrogen) atoms. The van der Waals surface area contributed by atoms with Crippen LogP contribution in [0.3, 0.4) is 0 Å². The summed E-state index contributed by atoms with van der Waals surface area (Å²) in [6, 6.07) is 11.8. The van der Waals surface area contributed by atoms with E-state index in [4.69, 9.17) is 4.74 Å². The molecule has 10 heteroatoms. The highest BCUT2D eigenvalue weighted by molar-refractivity contribution is 6.43. The fraction of sp³-hybridized carbons (Fsp3) is 0.417. The van der Waals surface area contributed by atoms with Gasteiger partial charge in [0.2, 0.25) is 0 Å².